The molecule has 0 N–H and O–H groups in total. The Morgan fingerprint density at radius 2 is 1.18 bits per heavy atom. The van der Waals surface area contributed by atoms with Crippen molar-refractivity contribution < 1.29 is 14.4 Å². The van der Waals surface area contributed by atoms with Crippen LogP contribution in [0, 0.1) is 10.8 Å². The van der Waals surface area contributed by atoms with Gasteiger partial charge in [-0.3, -0.25) is 14.4 Å². The molecule has 0 aromatic heterocycles. The Balaban J connectivity index is 1.44. The first kappa shape index (κ1) is 27.6. The molecule has 0 aliphatic heterocycles. The highest BCUT2D eigenvalue weighted by Gasteiger charge is 2.90. The van der Waals surface area contributed by atoms with Gasteiger partial charge in [-0.1, -0.05) is 147 Å². The number of Topliss-reactive ketones (excluding diaryl/α,β-unsaturated/α-hetero) is 2. The molecule has 0 amide bonds. The molecule has 4 unspecified atom stereocenters. The molecule has 0 heterocycles. The number of ketones is 3. The molecular formula is C42H34O3. The lowest BCUT2D eigenvalue weighted by molar-refractivity contribution is 0.0800. The van der Waals surface area contributed by atoms with Gasteiger partial charge in [0.25, 0.3) is 0 Å². The summed E-state index contributed by atoms with van der Waals surface area (Å²) in [7, 11) is 0. The molecule has 0 bridgehead atoms. The Bertz CT molecular complexity index is 2030. The van der Waals surface area contributed by atoms with Crippen LogP contribution < -0.4 is 0 Å². The Morgan fingerprint density at radius 1 is 0.622 bits per heavy atom. The van der Waals surface area contributed by atoms with Crippen LogP contribution in [0.3, 0.4) is 0 Å². The summed E-state index contributed by atoms with van der Waals surface area (Å²) in [5.41, 5.74) is 3.74. The molecule has 220 valence electrons. The average Bonchev–Trinajstić information content (AvgIpc) is 3.45. The van der Waals surface area contributed by atoms with Gasteiger partial charge in [-0.15, -0.1) is 0 Å². The molecule has 4 atom stereocenters. The second-order valence-electron chi connectivity index (χ2n) is 12.8. The van der Waals surface area contributed by atoms with Crippen LogP contribution >= 0.6 is 0 Å². The zero-order valence-electron chi connectivity index (χ0n) is 25.3. The molecule has 45 heavy (non-hydrogen) atoms. The summed E-state index contributed by atoms with van der Waals surface area (Å²) in [6.45, 7) is 2.20. The van der Waals surface area contributed by atoms with Crippen LogP contribution in [0.25, 0.3) is 10.8 Å². The molecule has 5 aromatic carbocycles. The third-order valence-corrected chi connectivity index (χ3v) is 10.7. The SMILES string of the molecule is CCCCCc1c2c(c(C(=O)c3ccccc3)c3ccccc13)C1C=CC3(C(=O)c4ccccc4)C2C13C(=O)c1ccccc1. The zero-order chi connectivity index (χ0) is 30.8. The van der Waals surface area contributed by atoms with Crippen molar-refractivity contribution in [2.45, 2.75) is 44.4 Å². The van der Waals surface area contributed by atoms with Crippen LogP contribution in [0.5, 0.6) is 0 Å². The highest BCUT2D eigenvalue weighted by molar-refractivity contribution is 6.23. The number of carbonyl (C=O) groups is 3. The van der Waals surface area contributed by atoms with Crippen molar-refractivity contribution in [2.75, 3.05) is 0 Å². The van der Waals surface area contributed by atoms with Crippen molar-refractivity contribution in [1.29, 1.82) is 0 Å². The fourth-order valence-electron chi connectivity index (χ4n) is 8.89. The largest absolute Gasteiger partial charge is 0.293 e. The van der Waals surface area contributed by atoms with E-state index in [0.717, 1.165) is 47.6 Å². The summed E-state index contributed by atoms with van der Waals surface area (Å²) in [6, 6.07) is 36.5. The quantitative estimate of drug-likeness (QED) is 0.0931. The van der Waals surface area contributed by atoms with Crippen molar-refractivity contribution in [1.82, 2.24) is 0 Å². The second-order valence-corrected chi connectivity index (χ2v) is 12.8. The minimum Gasteiger partial charge on any atom is -0.293 e. The van der Waals surface area contributed by atoms with Gasteiger partial charge in [-0.05, 0) is 40.3 Å². The van der Waals surface area contributed by atoms with E-state index in [2.05, 4.69) is 25.1 Å². The molecule has 0 spiro atoms. The smallest absolute Gasteiger partial charge is 0.193 e. The Hall–Kier alpha value is -4.89. The second kappa shape index (κ2) is 10.3. The Kier molecular flexibility index (Phi) is 6.35. The summed E-state index contributed by atoms with van der Waals surface area (Å²) >= 11 is 0. The average molecular weight is 587 g/mol. The predicted molar refractivity (Wildman–Crippen MR) is 178 cm³/mol. The first-order chi connectivity index (χ1) is 22.1. The predicted octanol–water partition coefficient (Wildman–Crippen LogP) is 9.31. The molecule has 3 heteroatoms. The van der Waals surface area contributed by atoms with Gasteiger partial charge in [0, 0.05) is 34.1 Å². The van der Waals surface area contributed by atoms with Gasteiger partial charge >= 0.3 is 0 Å². The van der Waals surface area contributed by atoms with E-state index < -0.39 is 10.8 Å². The monoisotopic (exact) mass is 586 g/mol. The van der Waals surface area contributed by atoms with E-state index in [1.807, 2.05) is 109 Å². The maximum Gasteiger partial charge on any atom is 0.193 e. The fraction of sp³-hybridized carbons (Fsp3) is 0.214. The molecule has 8 rings (SSSR count). The summed E-state index contributed by atoms with van der Waals surface area (Å²) < 4.78 is 0. The van der Waals surface area contributed by atoms with E-state index in [0.29, 0.717) is 22.3 Å². The topological polar surface area (TPSA) is 51.2 Å². The van der Waals surface area contributed by atoms with Crippen LogP contribution in [-0.2, 0) is 6.42 Å². The van der Waals surface area contributed by atoms with Crippen molar-refractivity contribution in [3.05, 3.63) is 166 Å². The fourth-order valence-corrected chi connectivity index (χ4v) is 8.89. The molecule has 1 fully saturated rings. The molecular weight excluding hydrogens is 552 g/mol. The molecule has 0 saturated heterocycles. The first-order valence-corrected chi connectivity index (χ1v) is 16.1. The highest BCUT2D eigenvalue weighted by Crippen LogP contribution is 2.89. The van der Waals surface area contributed by atoms with Crippen molar-refractivity contribution in [2.24, 2.45) is 10.8 Å². The summed E-state index contributed by atoms with van der Waals surface area (Å²) in [5, 5.41) is 1.99. The number of rotatable bonds is 10. The number of benzene rings is 5. The normalized spacial score (nSPS) is 23.5. The van der Waals surface area contributed by atoms with Crippen molar-refractivity contribution in [3.8, 4) is 0 Å². The highest BCUT2D eigenvalue weighted by atomic mass is 16.1. The summed E-state index contributed by atoms with van der Waals surface area (Å²) in [4.78, 5) is 44.4. The molecule has 3 aliphatic rings. The minimum atomic E-state index is -1.01. The molecule has 3 nitrogen and oxygen atoms in total. The van der Waals surface area contributed by atoms with Gasteiger partial charge in [0.2, 0.25) is 0 Å². The lowest BCUT2D eigenvalue weighted by Gasteiger charge is -2.27. The third kappa shape index (κ3) is 3.61. The molecule has 3 aliphatic carbocycles. The number of fused-ring (bicyclic) bond motifs is 5. The van der Waals surface area contributed by atoms with Crippen LogP contribution in [0.4, 0.5) is 0 Å². The number of hydrogen-bond acceptors (Lipinski definition) is 3. The van der Waals surface area contributed by atoms with Gasteiger partial charge in [-0.2, -0.15) is 0 Å². The molecule has 1 saturated carbocycles. The standard InChI is InChI=1S/C42H34O3/c1-2-3-7-23-32-30-22-14-15-24-31(30)34(37(43)27-16-8-4-9-17-27)36-33-25-26-41(39(44)28-18-10-5-11-19-28)38(35(32)36)42(33,41)40(45)29-20-12-6-13-21-29/h4-6,8-22,24-26,33,38H,2-3,7,23H2,1H3. The maximum atomic E-state index is 15.0. The number of aryl methyl sites for hydroxylation is 1. The summed E-state index contributed by atoms with van der Waals surface area (Å²) in [6.07, 6.45) is 8.13. The van der Waals surface area contributed by atoms with Crippen molar-refractivity contribution in [3.63, 3.8) is 0 Å². The van der Waals surface area contributed by atoms with Gasteiger partial charge in [0.15, 0.2) is 17.3 Å². The van der Waals surface area contributed by atoms with Gasteiger partial charge < -0.3 is 0 Å². The van der Waals surface area contributed by atoms with Crippen LogP contribution in [0.2, 0.25) is 0 Å². The summed E-state index contributed by atoms with van der Waals surface area (Å²) in [5.74, 6) is -0.767. The molecule has 5 aromatic rings. The van der Waals surface area contributed by atoms with Crippen LogP contribution in [-0.4, -0.2) is 17.3 Å². The number of hydrogen-bond donors (Lipinski definition) is 0. The molecule has 0 radical (unpaired) electrons. The zero-order valence-corrected chi connectivity index (χ0v) is 25.3. The van der Waals surface area contributed by atoms with Crippen LogP contribution in [0.15, 0.2) is 127 Å². The van der Waals surface area contributed by atoms with Crippen LogP contribution in [0.1, 0.15) is 91.3 Å². The minimum absolute atomic E-state index is 0.00890. The van der Waals surface area contributed by atoms with E-state index in [4.69, 9.17) is 0 Å². The maximum absolute atomic E-state index is 15.0. The number of carbonyl (C=O) groups excluding carboxylic acids is 3. The van der Waals surface area contributed by atoms with E-state index in [1.165, 1.54) is 5.56 Å². The van der Waals surface area contributed by atoms with Gasteiger partial charge in [0.05, 0.1) is 10.8 Å². The van der Waals surface area contributed by atoms with E-state index >= 15 is 4.79 Å². The third-order valence-electron chi connectivity index (χ3n) is 10.7. The van der Waals surface area contributed by atoms with Gasteiger partial charge in [-0.25, -0.2) is 0 Å². The Labute approximate surface area is 263 Å². The lowest BCUT2D eigenvalue weighted by atomic mass is 9.73. The first-order valence-electron chi connectivity index (χ1n) is 16.1. The van der Waals surface area contributed by atoms with Crippen molar-refractivity contribution >= 4 is 28.1 Å². The van der Waals surface area contributed by atoms with E-state index in [9.17, 15) is 9.59 Å². The van der Waals surface area contributed by atoms with E-state index in [-0.39, 0.29) is 29.2 Å². The Morgan fingerprint density at radius 3 is 1.80 bits per heavy atom. The van der Waals surface area contributed by atoms with Gasteiger partial charge in [0.1, 0.15) is 0 Å². The number of unbranched alkanes of at least 4 members (excludes halogenated alkanes) is 2. The van der Waals surface area contributed by atoms with E-state index in [1.54, 1.807) is 0 Å². The number of allylic oxidation sites excluding steroid dienone is 2. The lowest BCUT2D eigenvalue weighted by Crippen LogP contribution is -2.30.